The third kappa shape index (κ3) is 19.8. The van der Waals surface area contributed by atoms with Crippen molar-refractivity contribution in [1.29, 1.82) is 0 Å². The molecule has 0 heterocycles. The van der Waals surface area contributed by atoms with E-state index in [0.29, 0.717) is 0 Å². The van der Waals surface area contributed by atoms with Gasteiger partial charge in [-0.3, -0.25) is 0 Å². The zero-order valence-corrected chi connectivity index (χ0v) is 24.4. The molecule has 0 aliphatic carbocycles. The highest BCUT2D eigenvalue weighted by Gasteiger charge is 2.37. The molecule has 0 aliphatic heterocycles. The average Bonchev–Trinajstić information content (AvgIpc) is 2.76. The third-order valence-corrected chi connectivity index (χ3v) is 9.63. The quantitative estimate of drug-likeness (QED) is 0.111. The van der Waals surface area contributed by atoms with Crippen LogP contribution < -0.4 is 12.4 Å². The van der Waals surface area contributed by atoms with Crippen LogP contribution in [-0.4, -0.2) is 61.8 Å². The van der Waals surface area contributed by atoms with Crippen LogP contribution in [0, 0.1) is 0 Å². The molecule has 0 fully saturated rings. The van der Waals surface area contributed by atoms with Gasteiger partial charge in [-0.1, -0.05) is 96.8 Å². The van der Waals surface area contributed by atoms with Crippen LogP contribution in [0.15, 0.2) is 0 Å². The molecular weight excluding hydrogens is 438 g/mol. The molecule has 0 spiro atoms. The highest BCUT2D eigenvalue weighted by atomic mass is 35.5. The van der Waals surface area contributed by atoms with E-state index in [9.17, 15) is 0 Å². The maximum Gasteiger partial charge on any atom is 0.500 e. The molecule has 6 heteroatoms. The maximum absolute atomic E-state index is 5.53. The van der Waals surface area contributed by atoms with Gasteiger partial charge in [0.15, 0.2) is 0 Å². The topological polar surface area (TPSA) is 27.7 Å². The number of hydrogen-bond acceptors (Lipinski definition) is 3. The van der Waals surface area contributed by atoms with Crippen LogP contribution in [0.5, 0.6) is 0 Å². The van der Waals surface area contributed by atoms with Crippen LogP contribution in [0.2, 0.25) is 6.04 Å². The second-order valence-corrected chi connectivity index (χ2v) is 13.2. The second-order valence-electron chi connectivity index (χ2n) is 10.1. The fourth-order valence-electron chi connectivity index (χ4n) is 4.48. The van der Waals surface area contributed by atoms with Crippen molar-refractivity contribution in [3.05, 3.63) is 0 Å². The summed E-state index contributed by atoms with van der Waals surface area (Å²) >= 11 is 0. The van der Waals surface area contributed by atoms with E-state index in [2.05, 4.69) is 21.0 Å². The van der Waals surface area contributed by atoms with E-state index < -0.39 is 8.80 Å². The molecule has 0 rings (SSSR count). The standard InChI is InChI=1S/C26H58NO3Si.ClH/c1-7-8-9-10-11-12-13-14-15-16-17-18-19-20-21-22-24-27(2,3)25-23-26-31(28-4,29-5)30-6;/h7-26H2,1-6H3;1H/q+1;/p-1. The van der Waals surface area contributed by atoms with Crippen molar-refractivity contribution < 1.29 is 30.2 Å². The van der Waals surface area contributed by atoms with Crippen molar-refractivity contribution >= 4 is 8.80 Å². The molecule has 0 radical (unpaired) electrons. The first-order valence-electron chi connectivity index (χ1n) is 13.4. The van der Waals surface area contributed by atoms with Gasteiger partial charge in [-0.05, 0) is 12.8 Å². The first-order valence-corrected chi connectivity index (χ1v) is 15.4. The molecule has 0 aliphatic rings. The smallest absolute Gasteiger partial charge is 0.500 e. The van der Waals surface area contributed by atoms with Gasteiger partial charge in [-0.25, -0.2) is 0 Å². The summed E-state index contributed by atoms with van der Waals surface area (Å²) in [6.07, 6.45) is 24.0. The van der Waals surface area contributed by atoms with Crippen LogP contribution in [0.25, 0.3) is 0 Å². The summed E-state index contributed by atoms with van der Waals surface area (Å²) in [5.74, 6) is 0. The Kier molecular flexibility index (Phi) is 24.9. The zero-order valence-electron chi connectivity index (χ0n) is 22.7. The first kappa shape index (κ1) is 34.5. The second kappa shape index (κ2) is 23.1. The van der Waals surface area contributed by atoms with Gasteiger partial charge < -0.3 is 30.2 Å². The fraction of sp³-hybridized carbons (Fsp3) is 1.00. The van der Waals surface area contributed by atoms with Crippen molar-refractivity contribution in [3.8, 4) is 0 Å². The first-order chi connectivity index (χ1) is 14.9. The minimum Gasteiger partial charge on any atom is -1.00 e. The van der Waals surface area contributed by atoms with E-state index in [0.717, 1.165) is 23.5 Å². The Bertz CT molecular complexity index is 374. The largest absolute Gasteiger partial charge is 1.00 e. The molecule has 0 saturated carbocycles. The molecule has 0 atom stereocenters. The zero-order chi connectivity index (χ0) is 23.3. The Morgan fingerprint density at radius 2 is 0.812 bits per heavy atom. The van der Waals surface area contributed by atoms with E-state index in [4.69, 9.17) is 13.3 Å². The van der Waals surface area contributed by atoms with Crippen LogP contribution in [0.1, 0.15) is 116 Å². The molecule has 32 heavy (non-hydrogen) atoms. The molecule has 0 N–H and O–H groups in total. The predicted molar refractivity (Wildman–Crippen MR) is 138 cm³/mol. The van der Waals surface area contributed by atoms with Crippen molar-refractivity contribution in [2.24, 2.45) is 0 Å². The van der Waals surface area contributed by atoms with Gasteiger partial charge in [0.2, 0.25) is 0 Å². The Morgan fingerprint density at radius 3 is 1.16 bits per heavy atom. The summed E-state index contributed by atoms with van der Waals surface area (Å²) in [6, 6.07) is 0.900. The van der Waals surface area contributed by atoms with E-state index in [1.54, 1.807) is 21.3 Å². The number of rotatable bonds is 24. The number of hydrogen-bond donors (Lipinski definition) is 0. The Labute approximate surface area is 209 Å². The van der Waals surface area contributed by atoms with Gasteiger partial charge in [-0.15, -0.1) is 0 Å². The molecule has 196 valence electrons. The molecule has 0 aromatic heterocycles. The normalized spacial score (nSPS) is 12.2. The minimum absolute atomic E-state index is 0. The summed E-state index contributed by atoms with van der Waals surface area (Å²) in [5, 5.41) is 0. The van der Waals surface area contributed by atoms with Crippen LogP contribution in [-0.2, 0) is 13.3 Å². The number of unbranched alkanes of at least 4 members (excludes halogenated alkanes) is 15. The predicted octanol–water partition coefficient (Wildman–Crippen LogP) is 4.60. The van der Waals surface area contributed by atoms with Gasteiger partial charge >= 0.3 is 8.80 Å². The highest BCUT2D eigenvalue weighted by molar-refractivity contribution is 6.60. The fourth-order valence-corrected chi connectivity index (χ4v) is 6.18. The average molecular weight is 496 g/mol. The van der Waals surface area contributed by atoms with E-state index in [1.807, 2.05) is 0 Å². The van der Waals surface area contributed by atoms with Gasteiger partial charge in [0.25, 0.3) is 0 Å². The monoisotopic (exact) mass is 495 g/mol. The third-order valence-electron chi connectivity index (χ3n) is 6.80. The van der Waals surface area contributed by atoms with Gasteiger partial charge in [-0.2, -0.15) is 0 Å². The minimum atomic E-state index is -2.40. The molecule has 4 nitrogen and oxygen atoms in total. The van der Waals surface area contributed by atoms with E-state index in [1.165, 1.54) is 109 Å². The molecule has 0 bridgehead atoms. The number of quaternary nitrogens is 1. The lowest BCUT2D eigenvalue weighted by atomic mass is 10.0. The SMILES string of the molecule is CCCCCCCCCCCCCCCCCC[N+](C)(C)CCC[Si](OC)(OC)OC.[Cl-]. The lowest BCUT2D eigenvalue weighted by Gasteiger charge is -2.31. The lowest BCUT2D eigenvalue weighted by Crippen LogP contribution is -3.00. The van der Waals surface area contributed by atoms with Gasteiger partial charge in [0, 0.05) is 33.8 Å². The number of nitrogens with zero attached hydrogens (tertiary/aromatic N) is 1. The Hall–Kier alpha value is 0.347. The molecule has 0 aromatic rings. The summed E-state index contributed by atoms with van der Waals surface area (Å²) in [4.78, 5) is 0. The highest BCUT2D eigenvalue weighted by Crippen LogP contribution is 2.17. The molecule has 0 aromatic carbocycles. The summed E-state index contributed by atoms with van der Waals surface area (Å²) < 4.78 is 17.7. The van der Waals surface area contributed by atoms with Gasteiger partial charge in [0.05, 0.1) is 27.2 Å². The maximum atomic E-state index is 5.53. The van der Waals surface area contributed by atoms with Crippen molar-refractivity contribution in [2.75, 3.05) is 48.5 Å². The molecule has 0 unspecified atom stereocenters. The van der Waals surface area contributed by atoms with Crippen LogP contribution in [0.4, 0.5) is 0 Å². The van der Waals surface area contributed by atoms with Crippen molar-refractivity contribution in [1.82, 2.24) is 0 Å². The summed E-state index contributed by atoms with van der Waals surface area (Å²) in [7, 11) is 7.40. The summed E-state index contributed by atoms with van der Waals surface area (Å²) in [6.45, 7) is 4.72. The molecular formula is C26H58ClNO3Si. The van der Waals surface area contributed by atoms with Crippen LogP contribution >= 0.6 is 0 Å². The molecule has 0 saturated heterocycles. The van der Waals surface area contributed by atoms with Crippen LogP contribution in [0.3, 0.4) is 0 Å². The number of halogens is 1. The van der Waals surface area contributed by atoms with Crippen molar-refractivity contribution in [2.45, 2.75) is 122 Å². The Balaban J connectivity index is 0. The lowest BCUT2D eigenvalue weighted by molar-refractivity contribution is -0.890. The molecule has 0 amide bonds. The van der Waals surface area contributed by atoms with Crippen molar-refractivity contribution in [3.63, 3.8) is 0 Å². The van der Waals surface area contributed by atoms with E-state index >= 15 is 0 Å². The van der Waals surface area contributed by atoms with E-state index in [-0.39, 0.29) is 12.4 Å². The van der Waals surface area contributed by atoms with Gasteiger partial charge in [0.1, 0.15) is 0 Å². The summed E-state index contributed by atoms with van der Waals surface area (Å²) in [5.41, 5.74) is 0. The Morgan fingerprint density at radius 1 is 0.500 bits per heavy atom.